The first kappa shape index (κ1) is 22.5. The molecule has 8 heteroatoms. The summed E-state index contributed by atoms with van der Waals surface area (Å²) in [5, 5.41) is 19.2. The predicted molar refractivity (Wildman–Crippen MR) is 117 cm³/mol. The molecule has 5 atom stereocenters. The van der Waals surface area contributed by atoms with Gasteiger partial charge in [-0.2, -0.15) is 0 Å². The molecule has 2 amide bonds. The van der Waals surface area contributed by atoms with E-state index in [-0.39, 0.29) is 31.5 Å². The first-order valence-corrected chi connectivity index (χ1v) is 11.1. The molecule has 1 spiro atoms. The minimum absolute atomic E-state index is 0.137. The summed E-state index contributed by atoms with van der Waals surface area (Å²) in [4.78, 5) is 42.6. The number of carbonyl (C=O) groups is 3. The lowest BCUT2D eigenvalue weighted by Gasteiger charge is -2.37. The van der Waals surface area contributed by atoms with Gasteiger partial charge in [-0.15, -0.1) is 6.58 Å². The van der Waals surface area contributed by atoms with Crippen molar-refractivity contribution >= 4 is 23.5 Å². The summed E-state index contributed by atoms with van der Waals surface area (Å²) >= 11 is 0. The molecule has 0 aliphatic carbocycles. The highest BCUT2D eigenvalue weighted by molar-refractivity contribution is 6.05. The zero-order valence-corrected chi connectivity index (χ0v) is 18.5. The molecule has 0 radical (unpaired) electrons. The van der Waals surface area contributed by atoms with Crippen molar-refractivity contribution in [3.63, 3.8) is 0 Å². The van der Waals surface area contributed by atoms with Crippen molar-refractivity contribution in [1.29, 1.82) is 0 Å². The molecule has 8 nitrogen and oxygen atoms in total. The Morgan fingerprint density at radius 2 is 2.12 bits per heavy atom. The molecule has 1 aromatic rings. The Bertz CT molecular complexity index is 962. The third-order valence-electron chi connectivity index (χ3n) is 7.11. The van der Waals surface area contributed by atoms with E-state index in [4.69, 9.17) is 4.74 Å². The van der Waals surface area contributed by atoms with Crippen molar-refractivity contribution in [2.45, 2.75) is 50.9 Å². The maximum Gasteiger partial charge on any atom is 0.310 e. The number of hydrogen-bond acceptors (Lipinski definition) is 5. The number of fused-ring (bicyclic) bond motifs is 1. The second-order valence-electron chi connectivity index (χ2n) is 9.03. The van der Waals surface area contributed by atoms with Crippen LogP contribution in [0.3, 0.4) is 0 Å². The zero-order chi connectivity index (χ0) is 23.2. The highest BCUT2D eigenvalue weighted by Gasteiger charge is 2.74. The van der Waals surface area contributed by atoms with E-state index in [9.17, 15) is 24.6 Å². The van der Waals surface area contributed by atoms with Crippen molar-refractivity contribution in [3.8, 4) is 0 Å². The van der Waals surface area contributed by atoms with E-state index in [0.29, 0.717) is 19.3 Å². The van der Waals surface area contributed by atoms with Gasteiger partial charge >= 0.3 is 5.97 Å². The molecular formula is C24H30N2O6. The van der Waals surface area contributed by atoms with Gasteiger partial charge in [-0.25, -0.2) is 0 Å². The number of likely N-dealkylation sites (tertiary alicyclic amines) is 1. The molecule has 2 bridgehead atoms. The van der Waals surface area contributed by atoms with Gasteiger partial charge in [0.1, 0.15) is 11.6 Å². The lowest BCUT2D eigenvalue weighted by molar-refractivity contribution is -0.149. The minimum Gasteiger partial charge on any atom is -0.481 e. The van der Waals surface area contributed by atoms with Gasteiger partial charge < -0.3 is 24.7 Å². The first-order valence-electron chi connectivity index (χ1n) is 11.1. The van der Waals surface area contributed by atoms with Gasteiger partial charge in [-0.3, -0.25) is 14.4 Å². The molecule has 2 N–H and O–H groups in total. The van der Waals surface area contributed by atoms with E-state index in [2.05, 4.69) is 6.58 Å². The van der Waals surface area contributed by atoms with Gasteiger partial charge in [0.2, 0.25) is 5.91 Å². The smallest absolute Gasteiger partial charge is 0.310 e. The van der Waals surface area contributed by atoms with E-state index in [1.807, 2.05) is 32.0 Å². The average molecular weight is 443 g/mol. The SMILES string of the molecule is C=CCN(C(=O)[C@H]1N(CCCO)C(=O)[C@@H]2[C@@H](C(=O)O)[C@H]3CC[C@]21O3)c1cc(C)ccc1C. The molecule has 172 valence electrons. The molecule has 3 aliphatic rings. The average Bonchev–Trinajstić information content (AvgIpc) is 3.39. The van der Waals surface area contributed by atoms with Crippen LogP contribution in [0.15, 0.2) is 30.9 Å². The van der Waals surface area contributed by atoms with Crippen LogP contribution in [0.5, 0.6) is 0 Å². The summed E-state index contributed by atoms with van der Waals surface area (Å²) in [5.74, 6) is -3.59. The van der Waals surface area contributed by atoms with Gasteiger partial charge in [0.25, 0.3) is 5.91 Å². The van der Waals surface area contributed by atoms with Crippen molar-refractivity contribution in [2.24, 2.45) is 11.8 Å². The number of rotatable bonds is 8. The van der Waals surface area contributed by atoms with Crippen LogP contribution < -0.4 is 4.90 Å². The number of benzene rings is 1. The van der Waals surface area contributed by atoms with E-state index in [0.717, 1.165) is 16.8 Å². The summed E-state index contributed by atoms with van der Waals surface area (Å²) in [6, 6.07) is 4.89. The van der Waals surface area contributed by atoms with Crippen LogP contribution in [0.25, 0.3) is 0 Å². The van der Waals surface area contributed by atoms with Gasteiger partial charge in [0, 0.05) is 25.4 Å². The Morgan fingerprint density at radius 3 is 2.78 bits per heavy atom. The third kappa shape index (κ3) is 3.24. The molecule has 0 saturated carbocycles. The monoisotopic (exact) mass is 442 g/mol. The summed E-state index contributed by atoms with van der Waals surface area (Å²) in [5.41, 5.74) is 1.47. The first-order chi connectivity index (χ1) is 15.3. The van der Waals surface area contributed by atoms with Crippen molar-refractivity contribution in [1.82, 2.24) is 4.90 Å². The number of aliphatic hydroxyl groups excluding tert-OH is 1. The van der Waals surface area contributed by atoms with Crippen LogP contribution in [-0.2, 0) is 19.1 Å². The fraction of sp³-hybridized carbons (Fsp3) is 0.542. The normalized spacial score (nSPS) is 30.5. The third-order valence-corrected chi connectivity index (χ3v) is 7.11. The quantitative estimate of drug-likeness (QED) is 0.593. The summed E-state index contributed by atoms with van der Waals surface area (Å²) < 4.78 is 6.21. The van der Waals surface area contributed by atoms with Crippen molar-refractivity contribution in [2.75, 3.05) is 24.6 Å². The molecule has 3 heterocycles. The van der Waals surface area contributed by atoms with Crippen LogP contribution in [0, 0.1) is 25.7 Å². The van der Waals surface area contributed by atoms with Gasteiger partial charge in [-0.1, -0.05) is 18.2 Å². The van der Waals surface area contributed by atoms with Gasteiger partial charge in [-0.05, 0) is 50.3 Å². The number of carboxylic acids is 1. The van der Waals surface area contributed by atoms with E-state index < -0.39 is 35.6 Å². The fourth-order valence-electron chi connectivity index (χ4n) is 5.79. The summed E-state index contributed by atoms with van der Waals surface area (Å²) in [7, 11) is 0. The molecule has 0 unspecified atom stereocenters. The second-order valence-corrected chi connectivity index (χ2v) is 9.03. The van der Waals surface area contributed by atoms with Crippen LogP contribution in [-0.4, -0.2) is 70.3 Å². The molecule has 4 rings (SSSR count). The Morgan fingerprint density at radius 1 is 1.38 bits per heavy atom. The summed E-state index contributed by atoms with van der Waals surface area (Å²) in [6.45, 7) is 7.94. The standard InChI is InChI=1S/C24H30N2O6/c1-4-10-25(16-13-14(2)6-7-15(16)3)22(29)20-24-9-8-17(32-24)18(23(30)31)19(24)21(28)26(20)11-5-12-27/h4,6-7,13,17-20,27H,1,5,8-12H2,2-3H3,(H,30,31)/t17-,18+,19+,20-,24+/m1/s1. The lowest BCUT2D eigenvalue weighted by Crippen LogP contribution is -2.56. The number of aliphatic hydroxyl groups is 1. The number of anilines is 1. The van der Waals surface area contributed by atoms with Crippen LogP contribution >= 0.6 is 0 Å². The van der Waals surface area contributed by atoms with Crippen LogP contribution in [0.4, 0.5) is 5.69 Å². The van der Waals surface area contributed by atoms with Gasteiger partial charge in [0.05, 0.1) is 17.9 Å². The topological polar surface area (TPSA) is 107 Å². The van der Waals surface area contributed by atoms with Crippen LogP contribution in [0.1, 0.15) is 30.4 Å². The van der Waals surface area contributed by atoms with Gasteiger partial charge in [0.15, 0.2) is 0 Å². The number of nitrogens with zero attached hydrogens (tertiary/aromatic N) is 2. The number of amides is 2. The Balaban J connectivity index is 1.80. The number of carboxylic acid groups (broad SMARTS) is 1. The molecule has 3 saturated heterocycles. The largest absolute Gasteiger partial charge is 0.481 e. The number of aryl methyl sites for hydroxylation is 2. The molecule has 1 aromatic carbocycles. The molecule has 32 heavy (non-hydrogen) atoms. The summed E-state index contributed by atoms with van der Waals surface area (Å²) in [6.07, 6.45) is 2.33. The Kier molecular flexibility index (Phi) is 5.85. The van der Waals surface area contributed by atoms with E-state index in [1.54, 1.807) is 11.0 Å². The molecule has 3 aliphatic heterocycles. The Labute approximate surface area is 187 Å². The fourth-order valence-corrected chi connectivity index (χ4v) is 5.79. The highest BCUT2D eigenvalue weighted by Crippen LogP contribution is 2.58. The number of hydrogen-bond donors (Lipinski definition) is 2. The predicted octanol–water partition coefficient (Wildman–Crippen LogP) is 1.66. The van der Waals surface area contributed by atoms with Crippen LogP contribution in [0.2, 0.25) is 0 Å². The Hall–Kier alpha value is -2.71. The minimum atomic E-state index is -1.16. The highest BCUT2D eigenvalue weighted by atomic mass is 16.5. The zero-order valence-electron chi connectivity index (χ0n) is 18.5. The number of carbonyl (C=O) groups excluding carboxylic acids is 2. The number of ether oxygens (including phenoxy) is 1. The van der Waals surface area contributed by atoms with E-state index in [1.165, 1.54) is 4.90 Å². The maximum absolute atomic E-state index is 14.1. The molecular weight excluding hydrogens is 412 g/mol. The maximum atomic E-state index is 14.1. The van der Waals surface area contributed by atoms with Crippen molar-refractivity contribution < 1.29 is 29.3 Å². The van der Waals surface area contributed by atoms with Crippen molar-refractivity contribution in [3.05, 3.63) is 42.0 Å². The lowest BCUT2D eigenvalue weighted by atomic mass is 9.70. The number of aliphatic carboxylic acids is 1. The molecule has 0 aromatic heterocycles. The second kappa shape index (κ2) is 8.33. The molecule has 3 fully saturated rings. The van der Waals surface area contributed by atoms with E-state index >= 15 is 0 Å².